The van der Waals surface area contributed by atoms with Gasteiger partial charge in [-0.25, -0.2) is 9.07 Å². The summed E-state index contributed by atoms with van der Waals surface area (Å²) in [6.07, 6.45) is 7.64. The summed E-state index contributed by atoms with van der Waals surface area (Å²) in [5.41, 5.74) is 4.44. The van der Waals surface area contributed by atoms with Crippen LogP contribution in [0.25, 0.3) is 5.69 Å². The van der Waals surface area contributed by atoms with Gasteiger partial charge in [-0.05, 0) is 61.9 Å². The van der Waals surface area contributed by atoms with E-state index in [1.165, 1.54) is 36.2 Å². The van der Waals surface area contributed by atoms with Crippen molar-refractivity contribution in [3.8, 4) is 5.69 Å². The molecule has 5 heteroatoms. The van der Waals surface area contributed by atoms with Crippen molar-refractivity contribution in [2.75, 3.05) is 6.61 Å². The van der Waals surface area contributed by atoms with Crippen LogP contribution in [0.4, 0.5) is 4.39 Å². The first-order valence-electron chi connectivity index (χ1n) is 8.92. The van der Waals surface area contributed by atoms with Gasteiger partial charge in [-0.1, -0.05) is 12.8 Å². The van der Waals surface area contributed by atoms with Crippen LogP contribution < -0.4 is 5.32 Å². The topological polar surface area (TPSA) is 50.1 Å². The average molecular weight is 329 g/mol. The molecule has 1 heterocycles. The number of aromatic nitrogens is 2. The number of hydrogen-bond acceptors (Lipinski definition) is 3. The van der Waals surface area contributed by atoms with Gasteiger partial charge in [0.05, 0.1) is 18.0 Å². The molecule has 24 heavy (non-hydrogen) atoms. The lowest BCUT2D eigenvalue weighted by atomic mass is 9.98. The van der Waals surface area contributed by atoms with Gasteiger partial charge in [-0.15, -0.1) is 0 Å². The quantitative estimate of drug-likeness (QED) is 0.887. The molecule has 0 unspecified atom stereocenters. The van der Waals surface area contributed by atoms with E-state index in [1.54, 1.807) is 12.1 Å². The number of hydrogen-bond donors (Lipinski definition) is 2. The van der Waals surface area contributed by atoms with E-state index >= 15 is 0 Å². The summed E-state index contributed by atoms with van der Waals surface area (Å²) in [6.45, 7) is 0.880. The zero-order valence-electron chi connectivity index (χ0n) is 13.9. The van der Waals surface area contributed by atoms with Gasteiger partial charge in [-0.3, -0.25) is 0 Å². The molecule has 1 aromatic carbocycles. The van der Waals surface area contributed by atoms with Gasteiger partial charge in [-0.2, -0.15) is 5.10 Å². The molecule has 0 radical (unpaired) electrons. The predicted molar refractivity (Wildman–Crippen MR) is 90.7 cm³/mol. The molecule has 0 saturated heterocycles. The minimum Gasteiger partial charge on any atom is -0.394 e. The van der Waals surface area contributed by atoms with E-state index in [2.05, 4.69) is 5.32 Å². The van der Waals surface area contributed by atoms with Crippen LogP contribution >= 0.6 is 0 Å². The minimum absolute atomic E-state index is 0.134. The zero-order chi connectivity index (χ0) is 16.6. The van der Waals surface area contributed by atoms with Crippen molar-refractivity contribution in [3.05, 3.63) is 47.0 Å². The molecule has 0 amide bonds. The van der Waals surface area contributed by atoms with E-state index in [0.717, 1.165) is 43.5 Å². The summed E-state index contributed by atoms with van der Waals surface area (Å²) in [7, 11) is 0. The number of fused-ring (bicyclic) bond motifs is 1. The van der Waals surface area contributed by atoms with Crippen LogP contribution in [0, 0.1) is 5.82 Å². The molecule has 0 aliphatic heterocycles. The highest BCUT2D eigenvalue weighted by Gasteiger charge is 2.33. The third-order valence-corrected chi connectivity index (χ3v) is 5.58. The summed E-state index contributed by atoms with van der Waals surface area (Å²) in [5.74, 6) is -0.226. The van der Waals surface area contributed by atoms with Crippen molar-refractivity contribution in [2.45, 2.75) is 57.0 Å². The summed E-state index contributed by atoms with van der Waals surface area (Å²) in [6, 6.07) is 6.53. The molecule has 128 valence electrons. The number of nitrogens with zero attached hydrogens (tertiary/aromatic N) is 2. The average Bonchev–Trinajstić information content (AvgIpc) is 3.31. The number of aliphatic hydroxyl groups is 1. The first-order chi connectivity index (χ1) is 11.7. The highest BCUT2D eigenvalue weighted by molar-refractivity contribution is 5.40. The highest BCUT2D eigenvalue weighted by atomic mass is 19.1. The summed E-state index contributed by atoms with van der Waals surface area (Å²) < 4.78 is 15.2. The summed E-state index contributed by atoms with van der Waals surface area (Å²) >= 11 is 0. The van der Waals surface area contributed by atoms with E-state index in [4.69, 9.17) is 5.10 Å². The molecule has 1 saturated carbocycles. The molecule has 2 aliphatic carbocycles. The van der Waals surface area contributed by atoms with Crippen molar-refractivity contribution in [3.63, 3.8) is 0 Å². The highest BCUT2D eigenvalue weighted by Crippen LogP contribution is 2.31. The summed E-state index contributed by atoms with van der Waals surface area (Å²) in [5, 5.41) is 18.2. The van der Waals surface area contributed by atoms with E-state index < -0.39 is 0 Å². The monoisotopic (exact) mass is 329 g/mol. The second kappa shape index (κ2) is 6.30. The molecule has 0 bridgehead atoms. The molecule has 0 spiro atoms. The molecule has 2 aromatic rings. The number of rotatable bonds is 5. The fourth-order valence-electron chi connectivity index (χ4n) is 4.17. The van der Waals surface area contributed by atoms with Crippen molar-refractivity contribution in [1.29, 1.82) is 0 Å². The smallest absolute Gasteiger partial charge is 0.123 e. The number of aliphatic hydroxyl groups excluding tert-OH is 1. The van der Waals surface area contributed by atoms with Crippen LogP contribution in [0.5, 0.6) is 0 Å². The molecule has 2 aliphatic rings. The van der Waals surface area contributed by atoms with Crippen LogP contribution in [-0.4, -0.2) is 27.0 Å². The first kappa shape index (κ1) is 15.8. The number of halogens is 1. The minimum atomic E-state index is -0.226. The number of nitrogens with one attached hydrogen (secondary N) is 1. The van der Waals surface area contributed by atoms with Crippen LogP contribution in [-0.2, 0) is 19.4 Å². The Kier molecular flexibility index (Phi) is 4.14. The fraction of sp³-hybridized carbons (Fsp3) is 0.526. The Hall–Kier alpha value is -1.72. The van der Waals surface area contributed by atoms with Crippen LogP contribution in [0.1, 0.15) is 49.1 Å². The Bertz CT molecular complexity index is 717. The van der Waals surface area contributed by atoms with Gasteiger partial charge in [0.25, 0.3) is 0 Å². The summed E-state index contributed by atoms with van der Waals surface area (Å²) in [4.78, 5) is 0. The molecule has 4 nitrogen and oxygen atoms in total. The van der Waals surface area contributed by atoms with E-state index in [9.17, 15) is 9.50 Å². The fourth-order valence-corrected chi connectivity index (χ4v) is 4.17. The normalized spacial score (nSPS) is 18.9. The van der Waals surface area contributed by atoms with Crippen LogP contribution in [0.2, 0.25) is 0 Å². The lowest BCUT2D eigenvalue weighted by Gasteiger charge is -2.27. The second-order valence-electron chi connectivity index (χ2n) is 7.11. The second-order valence-corrected chi connectivity index (χ2v) is 7.11. The van der Waals surface area contributed by atoms with E-state index in [1.807, 2.05) is 4.68 Å². The molecule has 4 rings (SSSR count). The third kappa shape index (κ3) is 2.76. The Balaban J connectivity index is 1.60. The van der Waals surface area contributed by atoms with Gasteiger partial charge in [0.2, 0.25) is 0 Å². The number of benzene rings is 1. The standard InChI is InChI=1S/C19H24FN3O/c20-14-6-8-15(9-7-14)23-18-5-3-4-16(18)17(22-23)12-21-19(13-24)10-1-2-11-19/h6-9,21,24H,1-5,10-13H2. The molecule has 2 N–H and O–H groups in total. The van der Waals surface area contributed by atoms with Gasteiger partial charge in [0.1, 0.15) is 5.82 Å². The maximum Gasteiger partial charge on any atom is 0.123 e. The molecular weight excluding hydrogens is 305 g/mol. The third-order valence-electron chi connectivity index (χ3n) is 5.58. The van der Waals surface area contributed by atoms with E-state index in [0.29, 0.717) is 6.54 Å². The van der Waals surface area contributed by atoms with Gasteiger partial charge >= 0.3 is 0 Å². The lowest BCUT2D eigenvalue weighted by molar-refractivity contribution is 0.162. The largest absolute Gasteiger partial charge is 0.394 e. The zero-order valence-corrected chi connectivity index (χ0v) is 13.9. The van der Waals surface area contributed by atoms with Crippen molar-refractivity contribution in [1.82, 2.24) is 15.1 Å². The molecule has 1 fully saturated rings. The lowest BCUT2D eigenvalue weighted by Crippen LogP contribution is -2.45. The SMILES string of the molecule is OCC1(NCc2nn(-c3ccc(F)cc3)c3c2CCC3)CCCC1. The van der Waals surface area contributed by atoms with E-state index in [-0.39, 0.29) is 18.0 Å². The van der Waals surface area contributed by atoms with Crippen molar-refractivity contribution in [2.24, 2.45) is 0 Å². The van der Waals surface area contributed by atoms with Gasteiger partial charge in [0, 0.05) is 17.8 Å². The Morgan fingerprint density at radius 1 is 1.12 bits per heavy atom. The van der Waals surface area contributed by atoms with Crippen LogP contribution in [0.15, 0.2) is 24.3 Å². The Morgan fingerprint density at radius 3 is 2.58 bits per heavy atom. The van der Waals surface area contributed by atoms with Gasteiger partial charge in [0.15, 0.2) is 0 Å². The molecular formula is C19H24FN3O. The first-order valence-corrected chi connectivity index (χ1v) is 8.92. The van der Waals surface area contributed by atoms with Crippen molar-refractivity contribution >= 4 is 0 Å². The predicted octanol–water partition coefficient (Wildman–Crippen LogP) is 2.89. The molecule has 1 aromatic heterocycles. The van der Waals surface area contributed by atoms with Crippen LogP contribution in [0.3, 0.4) is 0 Å². The molecule has 0 atom stereocenters. The van der Waals surface area contributed by atoms with Crippen molar-refractivity contribution < 1.29 is 9.50 Å². The Labute approximate surface area is 141 Å². The Morgan fingerprint density at radius 2 is 1.88 bits per heavy atom. The maximum atomic E-state index is 13.2. The maximum absolute atomic E-state index is 13.2. The van der Waals surface area contributed by atoms with Gasteiger partial charge < -0.3 is 10.4 Å².